The van der Waals surface area contributed by atoms with Gasteiger partial charge >= 0.3 is 6.00 Å². The third-order valence-corrected chi connectivity index (χ3v) is 4.76. The lowest BCUT2D eigenvalue weighted by molar-refractivity contribution is 1.02. The molecule has 0 fully saturated rings. The summed E-state index contributed by atoms with van der Waals surface area (Å²) in [5, 5.41) is 9.28. The van der Waals surface area contributed by atoms with Crippen molar-refractivity contribution in [2.45, 2.75) is 12.8 Å². The van der Waals surface area contributed by atoms with Gasteiger partial charge in [-0.2, -0.15) is 5.26 Å². The zero-order valence-corrected chi connectivity index (χ0v) is 10.6. The number of aryl methyl sites for hydroxylation is 1. The average molecular weight is 265 g/mol. The average Bonchev–Trinajstić information content (AvgIpc) is 2.14. The minimum Gasteiger partial charge on any atom is -0.198 e. The van der Waals surface area contributed by atoms with Crippen molar-refractivity contribution in [2.24, 2.45) is 0 Å². The molecule has 5 heteroatoms. The number of hydrogen-bond acceptors (Lipinski definition) is 1. The lowest BCUT2D eigenvalue weighted by Gasteiger charge is -2.12. The van der Waals surface area contributed by atoms with E-state index in [9.17, 15) is 0 Å². The van der Waals surface area contributed by atoms with E-state index in [-0.39, 0.29) is 0 Å². The van der Waals surface area contributed by atoms with Crippen LogP contribution in [0.2, 0.25) is 0 Å². The van der Waals surface area contributed by atoms with Crippen LogP contribution in [0.5, 0.6) is 0 Å². The molecule has 0 spiro atoms. The van der Waals surface area contributed by atoms with Gasteiger partial charge in [-0.15, -0.1) is 33.2 Å². The molecule has 1 rings (SSSR count). The lowest BCUT2D eigenvalue weighted by atomic mass is 10.1. The third-order valence-electron chi connectivity index (χ3n) is 1.83. The van der Waals surface area contributed by atoms with Crippen LogP contribution in [0, 0.1) is 11.3 Å². The summed E-state index contributed by atoms with van der Waals surface area (Å²) in [6.45, 7) is 0. The molecule has 0 atom stereocenters. The first kappa shape index (κ1) is 11.9. The number of benzene rings is 1. The summed E-state index contributed by atoms with van der Waals surface area (Å²) in [5.41, 5.74) is 0.973. The monoisotopic (exact) mass is 263 g/mol. The normalized spacial score (nSPS) is 11.0. The molecule has 0 amide bonds. The van der Waals surface area contributed by atoms with E-state index in [1.807, 2.05) is 24.3 Å². The van der Waals surface area contributed by atoms with Crippen LogP contribution in [-0.4, -0.2) is 6.00 Å². The van der Waals surface area contributed by atoms with Crippen molar-refractivity contribution in [3.8, 4) is 6.07 Å². The molecule has 1 aromatic carbocycles. The van der Waals surface area contributed by atoms with E-state index >= 15 is 0 Å². The second-order valence-corrected chi connectivity index (χ2v) is 11.2. The molecule has 0 saturated heterocycles. The Morgan fingerprint density at radius 1 is 1.21 bits per heavy atom. The Hall–Kier alpha value is -0.203. The first-order valence-corrected chi connectivity index (χ1v) is 9.11. The van der Waals surface area contributed by atoms with Crippen LogP contribution >= 0.6 is 33.2 Å². The van der Waals surface area contributed by atoms with Gasteiger partial charge in [-0.05, 0) is 17.2 Å². The second-order valence-electron chi connectivity index (χ2n) is 2.81. The molecular formula is C9H8Cl3NSi. The molecule has 0 bridgehead atoms. The number of halogens is 3. The van der Waals surface area contributed by atoms with E-state index in [2.05, 4.69) is 6.07 Å². The largest absolute Gasteiger partial charge is 0.373 e. The number of hydrogen-bond donors (Lipinski definition) is 0. The molecule has 0 aliphatic rings. The molecule has 0 saturated carbocycles. The maximum absolute atomic E-state index is 8.48. The van der Waals surface area contributed by atoms with Gasteiger partial charge in [0.05, 0.1) is 6.07 Å². The molecule has 0 radical (unpaired) electrons. The van der Waals surface area contributed by atoms with Crippen molar-refractivity contribution in [3.05, 3.63) is 29.8 Å². The van der Waals surface area contributed by atoms with Crippen LogP contribution in [0.15, 0.2) is 24.3 Å². The summed E-state index contributed by atoms with van der Waals surface area (Å²) in [6.07, 6.45) is 1.10. The van der Waals surface area contributed by atoms with Gasteiger partial charge in [0.2, 0.25) is 0 Å². The van der Waals surface area contributed by atoms with Crippen molar-refractivity contribution in [1.29, 1.82) is 5.26 Å². The van der Waals surface area contributed by atoms with Crippen molar-refractivity contribution in [2.75, 3.05) is 0 Å². The van der Waals surface area contributed by atoms with Crippen LogP contribution in [0.1, 0.15) is 12.0 Å². The fourth-order valence-electron chi connectivity index (χ4n) is 1.21. The minimum absolute atomic E-state index is 0.451. The SMILES string of the molecule is N#CCCc1ccccc1[Si](Cl)(Cl)Cl. The molecule has 0 heterocycles. The summed E-state index contributed by atoms with van der Waals surface area (Å²) >= 11 is 17.8. The summed E-state index contributed by atoms with van der Waals surface area (Å²) in [6, 6.07) is 6.73. The van der Waals surface area contributed by atoms with Crippen LogP contribution in [0.25, 0.3) is 0 Å². The van der Waals surface area contributed by atoms with E-state index in [0.717, 1.165) is 10.8 Å². The lowest BCUT2D eigenvalue weighted by Crippen LogP contribution is -2.33. The number of rotatable bonds is 3. The van der Waals surface area contributed by atoms with Crippen molar-refractivity contribution in [3.63, 3.8) is 0 Å². The molecule has 0 aliphatic carbocycles. The van der Waals surface area contributed by atoms with Gasteiger partial charge in [-0.25, -0.2) is 0 Å². The fraction of sp³-hybridized carbons (Fsp3) is 0.222. The van der Waals surface area contributed by atoms with E-state index in [4.69, 9.17) is 38.5 Å². The zero-order valence-electron chi connectivity index (χ0n) is 7.30. The highest BCUT2D eigenvalue weighted by Gasteiger charge is 2.30. The van der Waals surface area contributed by atoms with Crippen molar-refractivity contribution in [1.82, 2.24) is 0 Å². The predicted octanol–water partition coefficient (Wildman–Crippen LogP) is 3.01. The van der Waals surface area contributed by atoms with Crippen LogP contribution in [0.3, 0.4) is 0 Å². The van der Waals surface area contributed by atoms with Gasteiger partial charge < -0.3 is 0 Å². The van der Waals surface area contributed by atoms with Crippen LogP contribution in [-0.2, 0) is 6.42 Å². The van der Waals surface area contributed by atoms with E-state index < -0.39 is 6.00 Å². The summed E-state index contributed by atoms with van der Waals surface area (Å²) in [4.78, 5) is 0. The Kier molecular flexibility index (Phi) is 4.27. The predicted molar refractivity (Wildman–Crippen MR) is 63.3 cm³/mol. The first-order chi connectivity index (χ1) is 6.55. The van der Waals surface area contributed by atoms with Gasteiger partial charge in [0.25, 0.3) is 0 Å². The Balaban J connectivity index is 2.99. The van der Waals surface area contributed by atoms with Gasteiger partial charge in [0.15, 0.2) is 0 Å². The molecule has 0 aromatic heterocycles. The Bertz CT molecular complexity index is 354. The molecule has 1 aromatic rings. The van der Waals surface area contributed by atoms with E-state index in [1.54, 1.807) is 0 Å². The first-order valence-electron chi connectivity index (χ1n) is 4.08. The molecule has 0 aliphatic heterocycles. The van der Waals surface area contributed by atoms with E-state index in [1.165, 1.54) is 0 Å². The summed E-state index contributed by atoms with van der Waals surface area (Å²) < 4.78 is 0. The third kappa shape index (κ3) is 3.18. The van der Waals surface area contributed by atoms with Gasteiger partial charge in [0.1, 0.15) is 0 Å². The standard InChI is InChI=1S/C9H8Cl3NSi/c10-14(11,12)9-6-2-1-4-8(9)5-3-7-13/h1-2,4,6H,3,5H2. The highest BCUT2D eigenvalue weighted by molar-refractivity contribution is 7.69. The molecule has 1 nitrogen and oxygen atoms in total. The maximum atomic E-state index is 8.48. The minimum atomic E-state index is -2.82. The molecule has 0 unspecified atom stereocenters. The molecule has 14 heavy (non-hydrogen) atoms. The van der Waals surface area contributed by atoms with E-state index in [0.29, 0.717) is 12.8 Å². The Labute approximate surface area is 98.3 Å². The summed E-state index contributed by atoms with van der Waals surface area (Å²) in [5.74, 6) is 0. The maximum Gasteiger partial charge on any atom is 0.373 e. The van der Waals surface area contributed by atoms with Crippen molar-refractivity contribution >= 4 is 44.4 Å². The summed E-state index contributed by atoms with van der Waals surface area (Å²) in [7, 11) is 0. The number of nitrogens with zero attached hydrogens (tertiary/aromatic N) is 1. The van der Waals surface area contributed by atoms with Gasteiger partial charge in [0, 0.05) is 6.42 Å². The van der Waals surface area contributed by atoms with Gasteiger partial charge in [-0.1, -0.05) is 24.3 Å². The quantitative estimate of drug-likeness (QED) is 0.608. The van der Waals surface area contributed by atoms with Crippen LogP contribution < -0.4 is 5.19 Å². The topological polar surface area (TPSA) is 23.8 Å². The number of nitriles is 1. The molecule has 0 N–H and O–H groups in total. The Morgan fingerprint density at radius 2 is 1.86 bits per heavy atom. The highest BCUT2D eigenvalue weighted by Crippen LogP contribution is 2.21. The fourth-order valence-corrected chi connectivity index (χ4v) is 3.72. The van der Waals surface area contributed by atoms with Gasteiger partial charge in [-0.3, -0.25) is 0 Å². The van der Waals surface area contributed by atoms with Crippen molar-refractivity contribution < 1.29 is 0 Å². The zero-order chi connectivity index (χ0) is 10.6. The Morgan fingerprint density at radius 3 is 2.43 bits per heavy atom. The van der Waals surface area contributed by atoms with Crippen LogP contribution in [0.4, 0.5) is 0 Å². The molecule has 74 valence electrons. The highest BCUT2D eigenvalue weighted by atomic mass is 35.8. The molecular weight excluding hydrogens is 257 g/mol. The second kappa shape index (κ2) is 5.04. The smallest absolute Gasteiger partial charge is 0.198 e.